The molecule has 6 rings (SSSR count). The number of hydrogen-bond acceptors (Lipinski definition) is 9. The van der Waals surface area contributed by atoms with Gasteiger partial charge in [-0.3, -0.25) is 14.2 Å². The first-order valence-corrected chi connectivity index (χ1v) is 17.0. The summed E-state index contributed by atoms with van der Waals surface area (Å²) in [5, 5.41) is 20.5. The van der Waals surface area contributed by atoms with E-state index in [1.165, 1.54) is 43.1 Å². The number of nitrogens with one attached hydrogen (secondary N) is 1. The number of methoxy groups -OCH3 is 2. The Kier molecular flexibility index (Phi) is 9.88. The van der Waals surface area contributed by atoms with E-state index in [1.54, 1.807) is 41.7 Å². The van der Waals surface area contributed by atoms with Crippen molar-refractivity contribution >= 4 is 40.6 Å². The van der Waals surface area contributed by atoms with Gasteiger partial charge in [-0.25, -0.2) is 9.40 Å². The molecule has 13 heteroatoms. The molecular weight excluding hydrogens is 652 g/mol. The average molecular weight is 685 g/mol. The maximum absolute atomic E-state index is 13.8. The summed E-state index contributed by atoms with van der Waals surface area (Å²) in [5.74, 6) is 0.600. The van der Waals surface area contributed by atoms with Gasteiger partial charge in [-0.2, -0.15) is 5.10 Å². The molecule has 1 N–H and O–H groups in total. The van der Waals surface area contributed by atoms with Gasteiger partial charge in [-0.05, 0) is 78.4 Å². The molecule has 0 fully saturated rings. The molecule has 1 aliphatic rings. The van der Waals surface area contributed by atoms with Gasteiger partial charge < -0.3 is 14.8 Å². The molecule has 0 spiro atoms. The molecule has 3 heterocycles. The van der Waals surface area contributed by atoms with Crippen molar-refractivity contribution in [3.05, 3.63) is 117 Å². The first-order valence-electron chi connectivity index (χ1n) is 15.1. The van der Waals surface area contributed by atoms with E-state index in [9.17, 15) is 14.0 Å². The fourth-order valence-electron chi connectivity index (χ4n) is 5.44. The molecule has 0 aliphatic carbocycles. The summed E-state index contributed by atoms with van der Waals surface area (Å²) >= 11 is 2.80. The first kappa shape index (κ1) is 32.9. The maximum Gasteiger partial charge on any atom is 0.253 e. The number of aromatic nitrogens is 3. The van der Waals surface area contributed by atoms with Crippen LogP contribution in [0.4, 0.5) is 4.39 Å². The lowest BCUT2D eigenvalue weighted by molar-refractivity contribution is -0.130. The minimum absolute atomic E-state index is 0.0277. The number of carbonyl (C=O) groups excluding carboxylic acids is 2. The largest absolute Gasteiger partial charge is 0.493 e. The molecule has 3 aromatic carbocycles. The summed E-state index contributed by atoms with van der Waals surface area (Å²) in [6.07, 6.45) is 0.519. The van der Waals surface area contributed by atoms with E-state index in [0.717, 1.165) is 33.0 Å². The second-order valence-corrected chi connectivity index (χ2v) is 12.9. The van der Waals surface area contributed by atoms with Gasteiger partial charge in [-0.15, -0.1) is 21.5 Å². The van der Waals surface area contributed by atoms with Crippen LogP contribution in [0.1, 0.15) is 50.2 Å². The molecule has 0 saturated heterocycles. The van der Waals surface area contributed by atoms with Gasteiger partial charge in [0.15, 0.2) is 22.5 Å². The minimum Gasteiger partial charge on any atom is -0.493 e. The number of halogens is 1. The third-order valence-corrected chi connectivity index (χ3v) is 9.95. The number of ether oxygens (including phenoxy) is 2. The van der Waals surface area contributed by atoms with Gasteiger partial charge in [0.05, 0.1) is 48.8 Å². The molecule has 2 amide bonds. The van der Waals surface area contributed by atoms with Gasteiger partial charge in [0.2, 0.25) is 0 Å². The van der Waals surface area contributed by atoms with Crippen molar-refractivity contribution in [3.63, 3.8) is 0 Å². The van der Waals surface area contributed by atoms with Gasteiger partial charge in [-0.1, -0.05) is 42.1 Å². The van der Waals surface area contributed by atoms with Crippen LogP contribution in [-0.2, 0) is 11.3 Å². The van der Waals surface area contributed by atoms with E-state index >= 15 is 0 Å². The monoisotopic (exact) mass is 684 g/mol. The van der Waals surface area contributed by atoms with Crippen molar-refractivity contribution < 1.29 is 23.5 Å². The van der Waals surface area contributed by atoms with Crippen LogP contribution in [0, 0.1) is 19.7 Å². The number of nitrogens with zero attached hydrogens (tertiary/aromatic N) is 5. The second-order valence-electron chi connectivity index (χ2n) is 11.0. The van der Waals surface area contributed by atoms with E-state index in [-0.39, 0.29) is 36.0 Å². The van der Waals surface area contributed by atoms with E-state index < -0.39 is 0 Å². The normalized spacial score (nSPS) is 14.1. The Balaban J connectivity index is 1.25. The highest BCUT2D eigenvalue weighted by Gasteiger charge is 2.34. The fraction of sp³-hybridized carbons (Fsp3) is 0.229. The molecule has 1 unspecified atom stereocenters. The van der Waals surface area contributed by atoms with Crippen LogP contribution < -0.4 is 14.8 Å². The van der Waals surface area contributed by atoms with Crippen LogP contribution in [0.3, 0.4) is 0 Å². The topological polar surface area (TPSA) is 111 Å². The summed E-state index contributed by atoms with van der Waals surface area (Å²) in [6, 6.07) is 20.6. The average Bonchev–Trinajstić information content (AvgIpc) is 3.88. The molecule has 246 valence electrons. The lowest BCUT2D eigenvalue weighted by Gasteiger charge is -2.22. The summed E-state index contributed by atoms with van der Waals surface area (Å²) in [7, 11) is 3.04. The number of rotatable bonds is 11. The van der Waals surface area contributed by atoms with Crippen LogP contribution in [-0.4, -0.2) is 57.3 Å². The smallest absolute Gasteiger partial charge is 0.253 e. The Hall–Kier alpha value is -5.01. The number of benzene rings is 3. The Morgan fingerprint density at radius 2 is 1.79 bits per heavy atom. The Bertz CT molecular complexity index is 1980. The zero-order valence-corrected chi connectivity index (χ0v) is 28.4. The molecule has 0 saturated carbocycles. The third-order valence-electron chi connectivity index (χ3n) is 8.12. The van der Waals surface area contributed by atoms with Crippen molar-refractivity contribution in [1.29, 1.82) is 0 Å². The highest BCUT2D eigenvalue weighted by Crippen LogP contribution is 2.35. The van der Waals surface area contributed by atoms with Crippen LogP contribution in [0.2, 0.25) is 0 Å². The van der Waals surface area contributed by atoms with Crippen molar-refractivity contribution in [3.8, 4) is 17.2 Å². The SMILES string of the molecule is COc1ccc(C(=O)NCc2nnc(SCC(=O)N3N=C(c4cccs4)CC3c3ccc(F)cc3)n2-c2cccc(C)c2C)cc1OC. The predicted octanol–water partition coefficient (Wildman–Crippen LogP) is 6.50. The number of hydrazone groups is 1. The van der Waals surface area contributed by atoms with Gasteiger partial charge in [0.1, 0.15) is 5.82 Å². The van der Waals surface area contributed by atoms with Crippen LogP contribution in [0.15, 0.2) is 88.4 Å². The molecule has 1 atom stereocenters. The third kappa shape index (κ3) is 6.83. The maximum atomic E-state index is 13.8. The van der Waals surface area contributed by atoms with Crippen LogP contribution in [0.25, 0.3) is 5.69 Å². The number of carbonyl (C=O) groups is 2. The number of amides is 2. The molecule has 5 aromatic rings. The van der Waals surface area contributed by atoms with Crippen molar-refractivity contribution in [2.75, 3.05) is 20.0 Å². The highest BCUT2D eigenvalue weighted by atomic mass is 32.2. The number of hydrogen-bond donors (Lipinski definition) is 1. The summed E-state index contributed by atoms with van der Waals surface area (Å²) in [5.41, 5.74) is 4.94. The van der Waals surface area contributed by atoms with E-state index in [2.05, 4.69) is 15.5 Å². The Labute approximate surface area is 285 Å². The summed E-state index contributed by atoms with van der Waals surface area (Å²) < 4.78 is 26.3. The lowest BCUT2D eigenvalue weighted by atomic mass is 10.0. The minimum atomic E-state index is -0.366. The van der Waals surface area contributed by atoms with Gasteiger partial charge in [0.25, 0.3) is 11.8 Å². The Morgan fingerprint density at radius 1 is 1.00 bits per heavy atom. The molecule has 2 aromatic heterocycles. The van der Waals surface area contributed by atoms with Crippen LogP contribution in [0.5, 0.6) is 11.5 Å². The van der Waals surface area contributed by atoms with Gasteiger partial charge in [0, 0.05) is 12.0 Å². The molecule has 0 bridgehead atoms. The number of thioether (sulfide) groups is 1. The highest BCUT2D eigenvalue weighted by molar-refractivity contribution is 7.99. The Morgan fingerprint density at radius 3 is 2.52 bits per heavy atom. The molecule has 10 nitrogen and oxygen atoms in total. The second kappa shape index (κ2) is 14.4. The van der Waals surface area contributed by atoms with Crippen molar-refractivity contribution in [1.82, 2.24) is 25.1 Å². The number of aryl methyl sites for hydroxylation is 1. The van der Waals surface area contributed by atoms with E-state index in [4.69, 9.17) is 14.6 Å². The van der Waals surface area contributed by atoms with E-state index in [1.807, 2.05) is 54.1 Å². The zero-order chi connectivity index (χ0) is 33.8. The van der Waals surface area contributed by atoms with Gasteiger partial charge >= 0.3 is 0 Å². The fourth-order valence-corrected chi connectivity index (χ4v) is 6.97. The lowest BCUT2D eigenvalue weighted by Crippen LogP contribution is -2.28. The predicted molar refractivity (Wildman–Crippen MR) is 184 cm³/mol. The van der Waals surface area contributed by atoms with Crippen LogP contribution >= 0.6 is 23.1 Å². The van der Waals surface area contributed by atoms with Crippen molar-refractivity contribution in [2.24, 2.45) is 5.10 Å². The van der Waals surface area contributed by atoms with Crippen molar-refractivity contribution in [2.45, 2.75) is 38.0 Å². The summed E-state index contributed by atoms with van der Waals surface area (Å²) in [4.78, 5) is 28.0. The summed E-state index contributed by atoms with van der Waals surface area (Å²) in [6.45, 7) is 4.11. The zero-order valence-electron chi connectivity index (χ0n) is 26.8. The molecule has 48 heavy (non-hydrogen) atoms. The molecular formula is C35H33FN6O4S2. The first-order chi connectivity index (χ1) is 23.3. The van der Waals surface area contributed by atoms with E-state index in [0.29, 0.717) is 34.5 Å². The quantitative estimate of drug-likeness (QED) is 0.158. The standard InChI is InChI=1S/C35H33FN6O4S2/c1-21-7-5-8-27(22(21)2)41-32(19-37-34(44)24-12-15-29(45-3)30(17-24)46-4)38-39-35(41)48-20-33(43)42-28(23-10-13-25(36)14-11-23)18-26(40-42)31-9-6-16-47-31/h5-17,28H,18-20H2,1-4H3,(H,37,44). The molecule has 1 aliphatic heterocycles. The molecule has 0 radical (unpaired) electrons. The number of thiophene rings is 1.